The average molecular weight is 286 g/mol. The molecule has 3 nitrogen and oxygen atoms in total. The molecule has 104 valence electrons. The average Bonchev–Trinajstić information content (AvgIpc) is 2.27. The van der Waals surface area contributed by atoms with Crippen LogP contribution in [0.25, 0.3) is 0 Å². The van der Waals surface area contributed by atoms with E-state index in [1.54, 1.807) is 18.2 Å². The second-order valence-corrected chi connectivity index (χ2v) is 3.34. The number of hydrogen-bond acceptors (Lipinski definition) is 3. The zero-order valence-electron chi connectivity index (χ0n) is 9.57. The minimum absolute atomic E-state index is 0. The molecule has 18 heavy (non-hydrogen) atoms. The van der Waals surface area contributed by atoms with E-state index in [4.69, 9.17) is 10.5 Å². The summed E-state index contributed by atoms with van der Waals surface area (Å²) in [6, 6.07) is 6.24. The van der Waals surface area contributed by atoms with Gasteiger partial charge in [0.05, 0.1) is 6.61 Å². The number of halogens is 4. The molecule has 0 aliphatic heterocycles. The largest absolute Gasteiger partial charge is 0.490 e. The Labute approximate surface area is 109 Å². The summed E-state index contributed by atoms with van der Waals surface area (Å²) in [5.41, 5.74) is 5.29. The van der Waals surface area contributed by atoms with E-state index in [0.29, 0.717) is 25.3 Å². The van der Waals surface area contributed by atoms with Crippen LogP contribution in [0.4, 0.5) is 13.2 Å². The summed E-state index contributed by atoms with van der Waals surface area (Å²) in [5.74, 6) is 0.382. The van der Waals surface area contributed by atoms with Gasteiger partial charge in [0.2, 0.25) is 0 Å². The molecule has 0 atom stereocenters. The molecular formula is C11H15ClF3NO2. The van der Waals surface area contributed by atoms with Gasteiger partial charge in [-0.1, -0.05) is 12.1 Å². The Kier molecular flexibility index (Phi) is 7.54. The quantitative estimate of drug-likeness (QED) is 0.818. The van der Waals surface area contributed by atoms with Crippen molar-refractivity contribution >= 4 is 12.4 Å². The SMILES string of the molecule is Cl.NCCCOc1ccccc1OCC(F)(F)F. The van der Waals surface area contributed by atoms with Gasteiger partial charge in [0.15, 0.2) is 18.1 Å². The molecule has 1 rings (SSSR count). The molecule has 7 heteroatoms. The van der Waals surface area contributed by atoms with Gasteiger partial charge in [-0.3, -0.25) is 0 Å². The summed E-state index contributed by atoms with van der Waals surface area (Å²) in [5, 5.41) is 0. The highest BCUT2D eigenvalue weighted by Gasteiger charge is 2.28. The number of hydrogen-bond donors (Lipinski definition) is 1. The van der Waals surface area contributed by atoms with Crippen LogP contribution >= 0.6 is 12.4 Å². The molecule has 0 saturated carbocycles. The van der Waals surface area contributed by atoms with E-state index < -0.39 is 12.8 Å². The Hall–Kier alpha value is -1.14. The minimum Gasteiger partial charge on any atom is -0.490 e. The van der Waals surface area contributed by atoms with Crippen molar-refractivity contribution in [3.63, 3.8) is 0 Å². The standard InChI is InChI=1S/C11H14F3NO2.ClH/c12-11(13,14)8-17-10-5-2-1-4-9(10)16-7-3-6-15;/h1-2,4-5H,3,6-8,15H2;1H. The van der Waals surface area contributed by atoms with Crippen molar-refractivity contribution < 1.29 is 22.6 Å². The van der Waals surface area contributed by atoms with Crippen LogP contribution < -0.4 is 15.2 Å². The maximum Gasteiger partial charge on any atom is 0.422 e. The third-order valence-corrected chi connectivity index (χ3v) is 1.85. The predicted molar refractivity (Wildman–Crippen MR) is 64.4 cm³/mol. The number of alkyl halides is 3. The van der Waals surface area contributed by atoms with Crippen molar-refractivity contribution in [2.24, 2.45) is 5.73 Å². The molecule has 0 bridgehead atoms. The van der Waals surface area contributed by atoms with Gasteiger partial charge >= 0.3 is 6.18 Å². The van der Waals surface area contributed by atoms with Gasteiger partial charge in [0.25, 0.3) is 0 Å². The van der Waals surface area contributed by atoms with Crippen LogP contribution in [0, 0.1) is 0 Å². The summed E-state index contributed by atoms with van der Waals surface area (Å²) in [6.07, 6.45) is -3.72. The Morgan fingerprint density at radius 2 is 1.61 bits per heavy atom. The van der Waals surface area contributed by atoms with Crippen LogP contribution in [-0.4, -0.2) is 25.9 Å². The fraction of sp³-hybridized carbons (Fsp3) is 0.455. The highest BCUT2D eigenvalue weighted by atomic mass is 35.5. The van der Waals surface area contributed by atoms with Crippen molar-refractivity contribution in [3.05, 3.63) is 24.3 Å². The van der Waals surface area contributed by atoms with Crippen LogP contribution in [0.2, 0.25) is 0 Å². The maximum atomic E-state index is 12.0. The molecule has 0 aliphatic carbocycles. The molecule has 0 aliphatic rings. The number of para-hydroxylation sites is 2. The first-order chi connectivity index (χ1) is 8.03. The number of nitrogens with two attached hydrogens (primary N) is 1. The number of benzene rings is 1. The van der Waals surface area contributed by atoms with Gasteiger partial charge in [0, 0.05) is 0 Å². The van der Waals surface area contributed by atoms with E-state index in [1.165, 1.54) is 6.07 Å². The monoisotopic (exact) mass is 285 g/mol. The minimum atomic E-state index is -4.36. The normalized spacial score (nSPS) is 10.7. The lowest BCUT2D eigenvalue weighted by atomic mass is 10.3. The van der Waals surface area contributed by atoms with Crippen LogP contribution in [0.5, 0.6) is 11.5 Å². The van der Waals surface area contributed by atoms with E-state index in [9.17, 15) is 13.2 Å². The molecule has 0 fully saturated rings. The molecule has 0 heterocycles. The van der Waals surface area contributed by atoms with E-state index >= 15 is 0 Å². The molecule has 1 aromatic carbocycles. The second-order valence-electron chi connectivity index (χ2n) is 3.34. The molecular weight excluding hydrogens is 271 g/mol. The Morgan fingerprint density at radius 1 is 1.06 bits per heavy atom. The molecule has 0 radical (unpaired) electrons. The highest BCUT2D eigenvalue weighted by Crippen LogP contribution is 2.28. The molecule has 0 spiro atoms. The van der Waals surface area contributed by atoms with E-state index in [2.05, 4.69) is 4.74 Å². The summed E-state index contributed by atoms with van der Waals surface area (Å²) in [6.45, 7) is -0.515. The molecule has 0 saturated heterocycles. The Morgan fingerprint density at radius 3 is 2.11 bits per heavy atom. The van der Waals surface area contributed by atoms with Gasteiger partial charge in [-0.15, -0.1) is 12.4 Å². The van der Waals surface area contributed by atoms with Crippen molar-refractivity contribution in [2.75, 3.05) is 19.8 Å². The third-order valence-electron chi connectivity index (χ3n) is 1.85. The van der Waals surface area contributed by atoms with Gasteiger partial charge in [0.1, 0.15) is 0 Å². The van der Waals surface area contributed by atoms with Gasteiger partial charge < -0.3 is 15.2 Å². The van der Waals surface area contributed by atoms with Gasteiger partial charge in [-0.05, 0) is 25.1 Å². The van der Waals surface area contributed by atoms with Crippen molar-refractivity contribution in [3.8, 4) is 11.5 Å². The first kappa shape index (κ1) is 16.9. The summed E-state index contributed by atoms with van der Waals surface area (Å²) in [7, 11) is 0. The number of rotatable bonds is 6. The fourth-order valence-corrected chi connectivity index (χ4v) is 1.11. The van der Waals surface area contributed by atoms with E-state index in [1.807, 2.05) is 0 Å². The zero-order chi connectivity index (χ0) is 12.7. The highest BCUT2D eigenvalue weighted by molar-refractivity contribution is 5.85. The van der Waals surface area contributed by atoms with Crippen molar-refractivity contribution in [2.45, 2.75) is 12.6 Å². The topological polar surface area (TPSA) is 44.5 Å². The second kappa shape index (κ2) is 8.05. The summed E-state index contributed by atoms with van der Waals surface area (Å²) < 4.78 is 45.9. The van der Waals surface area contributed by atoms with Crippen LogP contribution in [-0.2, 0) is 0 Å². The fourth-order valence-electron chi connectivity index (χ4n) is 1.11. The Bertz CT molecular complexity index is 347. The van der Waals surface area contributed by atoms with Gasteiger partial charge in [-0.25, -0.2) is 0 Å². The number of ether oxygens (including phenoxy) is 2. The molecule has 0 unspecified atom stereocenters. The van der Waals surface area contributed by atoms with E-state index in [0.717, 1.165) is 0 Å². The third kappa shape index (κ3) is 6.56. The van der Waals surface area contributed by atoms with E-state index in [-0.39, 0.29) is 18.2 Å². The lowest BCUT2D eigenvalue weighted by molar-refractivity contribution is -0.153. The Balaban J connectivity index is 0.00000289. The molecule has 2 N–H and O–H groups in total. The first-order valence-electron chi connectivity index (χ1n) is 5.14. The van der Waals surface area contributed by atoms with Crippen LogP contribution in [0.15, 0.2) is 24.3 Å². The maximum absolute atomic E-state index is 12.0. The lowest BCUT2D eigenvalue weighted by Gasteiger charge is -2.13. The van der Waals surface area contributed by atoms with Crippen molar-refractivity contribution in [1.29, 1.82) is 0 Å². The first-order valence-corrected chi connectivity index (χ1v) is 5.14. The zero-order valence-corrected chi connectivity index (χ0v) is 10.4. The molecule has 0 aromatic heterocycles. The van der Waals surface area contributed by atoms with Gasteiger partial charge in [-0.2, -0.15) is 13.2 Å². The smallest absolute Gasteiger partial charge is 0.422 e. The summed E-state index contributed by atoms with van der Waals surface area (Å²) in [4.78, 5) is 0. The molecule has 0 amide bonds. The van der Waals surface area contributed by atoms with Crippen LogP contribution in [0.3, 0.4) is 0 Å². The van der Waals surface area contributed by atoms with Crippen molar-refractivity contribution in [1.82, 2.24) is 0 Å². The van der Waals surface area contributed by atoms with Crippen LogP contribution in [0.1, 0.15) is 6.42 Å². The molecule has 1 aromatic rings. The predicted octanol–water partition coefficient (Wildman–Crippen LogP) is 2.78. The lowest BCUT2D eigenvalue weighted by Crippen LogP contribution is -2.19. The summed E-state index contributed by atoms with van der Waals surface area (Å²) >= 11 is 0.